The quantitative estimate of drug-likeness (QED) is 0.798. The van der Waals surface area contributed by atoms with E-state index in [4.69, 9.17) is 5.73 Å². The van der Waals surface area contributed by atoms with E-state index < -0.39 is 10.0 Å². The monoisotopic (exact) mass is 301 g/mol. The van der Waals surface area contributed by atoms with Gasteiger partial charge in [0.05, 0.1) is 6.54 Å². The average Bonchev–Trinajstić information content (AvgIpc) is 2.70. The number of anilines is 1. The molecular formula is C11H19N5O3S. The number of sulfonamides is 1. The first kappa shape index (κ1) is 14.8. The zero-order chi connectivity index (χ0) is 14.9. The van der Waals surface area contributed by atoms with E-state index in [1.165, 1.54) is 20.1 Å². The van der Waals surface area contributed by atoms with E-state index in [-0.39, 0.29) is 23.2 Å². The number of hydrogen-bond donors (Lipinski definition) is 1. The minimum absolute atomic E-state index is 0.0306. The third-order valence-electron chi connectivity index (χ3n) is 3.34. The van der Waals surface area contributed by atoms with Gasteiger partial charge >= 0.3 is 0 Å². The van der Waals surface area contributed by atoms with E-state index in [0.29, 0.717) is 26.1 Å². The molecule has 0 unspecified atom stereocenters. The number of hydrogen-bond acceptors (Lipinski definition) is 5. The van der Waals surface area contributed by atoms with Crippen LogP contribution in [0.3, 0.4) is 0 Å². The highest BCUT2D eigenvalue weighted by atomic mass is 32.2. The van der Waals surface area contributed by atoms with Crippen molar-refractivity contribution in [3.63, 3.8) is 0 Å². The van der Waals surface area contributed by atoms with Crippen molar-refractivity contribution in [2.24, 2.45) is 0 Å². The third kappa shape index (κ3) is 2.63. The first-order chi connectivity index (χ1) is 9.36. The van der Waals surface area contributed by atoms with Crippen molar-refractivity contribution in [1.82, 2.24) is 19.0 Å². The highest BCUT2D eigenvalue weighted by molar-refractivity contribution is 7.89. The average molecular weight is 301 g/mol. The second kappa shape index (κ2) is 5.41. The molecule has 0 bridgehead atoms. The first-order valence-corrected chi connectivity index (χ1v) is 7.87. The summed E-state index contributed by atoms with van der Waals surface area (Å²) in [6.07, 6.45) is 2.01. The summed E-state index contributed by atoms with van der Waals surface area (Å²) in [5.74, 6) is -0.246. The SMILES string of the molecule is CCn1cc(S(=O)(=O)N2CCCN(C)C(=O)C2)c(N)n1. The number of aryl methyl sites for hydroxylation is 1. The second-order valence-electron chi connectivity index (χ2n) is 4.74. The number of nitrogens with zero attached hydrogens (tertiary/aromatic N) is 4. The molecule has 1 amide bonds. The highest BCUT2D eigenvalue weighted by Gasteiger charge is 2.32. The van der Waals surface area contributed by atoms with Crippen LogP contribution in [0.1, 0.15) is 13.3 Å². The second-order valence-corrected chi connectivity index (χ2v) is 6.65. The summed E-state index contributed by atoms with van der Waals surface area (Å²) in [5, 5.41) is 3.94. The smallest absolute Gasteiger partial charge is 0.248 e. The van der Waals surface area contributed by atoms with Crippen LogP contribution in [-0.2, 0) is 21.4 Å². The van der Waals surface area contributed by atoms with Crippen LogP contribution in [0.5, 0.6) is 0 Å². The Hall–Kier alpha value is -1.61. The maximum atomic E-state index is 12.6. The molecule has 2 rings (SSSR count). The Morgan fingerprint density at radius 3 is 2.70 bits per heavy atom. The molecule has 8 nitrogen and oxygen atoms in total. The molecular weight excluding hydrogens is 282 g/mol. The zero-order valence-electron chi connectivity index (χ0n) is 11.6. The van der Waals surface area contributed by atoms with E-state index in [0.717, 1.165) is 0 Å². The summed E-state index contributed by atoms with van der Waals surface area (Å²) in [6, 6.07) is 0. The molecule has 0 atom stereocenters. The van der Waals surface area contributed by atoms with Crippen molar-refractivity contribution in [2.45, 2.75) is 24.8 Å². The predicted molar refractivity (Wildman–Crippen MR) is 73.3 cm³/mol. The maximum absolute atomic E-state index is 12.6. The van der Waals surface area contributed by atoms with Gasteiger partial charge in [-0.05, 0) is 13.3 Å². The molecule has 1 aromatic rings. The number of aromatic nitrogens is 2. The van der Waals surface area contributed by atoms with E-state index in [2.05, 4.69) is 5.10 Å². The minimum atomic E-state index is -3.78. The molecule has 1 aliphatic heterocycles. The number of rotatable bonds is 3. The normalized spacial score (nSPS) is 18.3. The largest absolute Gasteiger partial charge is 0.381 e. The fourth-order valence-electron chi connectivity index (χ4n) is 2.08. The lowest BCUT2D eigenvalue weighted by molar-refractivity contribution is -0.129. The molecule has 2 N–H and O–H groups in total. The van der Waals surface area contributed by atoms with Gasteiger partial charge in [-0.15, -0.1) is 0 Å². The van der Waals surface area contributed by atoms with Crippen LogP contribution < -0.4 is 5.73 Å². The number of nitrogen functional groups attached to an aromatic ring is 1. The summed E-state index contributed by atoms with van der Waals surface area (Å²) in [7, 11) is -2.12. The number of nitrogens with two attached hydrogens (primary N) is 1. The molecule has 2 heterocycles. The molecule has 0 spiro atoms. The van der Waals surface area contributed by atoms with E-state index in [1.54, 1.807) is 7.05 Å². The lowest BCUT2D eigenvalue weighted by atomic mass is 10.4. The molecule has 1 fully saturated rings. The zero-order valence-corrected chi connectivity index (χ0v) is 12.4. The van der Waals surface area contributed by atoms with Gasteiger partial charge in [-0.25, -0.2) is 8.42 Å². The number of amides is 1. The topological polar surface area (TPSA) is 102 Å². The van der Waals surface area contributed by atoms with Gasteiger partial charge < -0.3 is 10.6 Å². The summed E-state index contributed by atoms with van der Waals surface area (Å²) >= 11 is 0. The van der Waals surface area contributed by atoms with Crippen molar-refractivity contribution in [3.8, 4) is 0 Å². The molecule has 9 heteroatoms. The van der Waals surface area contributed by atoms with Gasteiger partial charge in [0, 0.05) is 32.9 Å². The first-order valence-electron chi connectivity index (χ1n) is 6.43. The van der Waals surface area contributed by atoms with E-state index in [9.17, 15) is 13.2 Å². The molecule has 0 aliphatic carbocycles. The Kier molecular flexibility index (Phi) is 4.00. The van der Waals surface area contributed by atoms with Crippen LogP contribution in [0.2, 0.25) is 0 Å². The van der Waals surface area contributed by atoms with Crippen LogP contribution in [0, 0.1) is 0 Å². The van der Waals surface area contributed by atoms with Gasteiger partial charge in [-0.1, -0.05) is 0 Å². The van der Waals surface area contributed by atoms with Gasteiger partial charge in [0.1, 0.15) is 4.90 Å². The summed E-state index contributed by atoms with van der Waals surface area (Å²) < 4.78 is 27.8. The molecule has 1 aliphatic rings. The van der Waals surface area contributed by atoms with Gasteiger partial charge in [-0.2, -0.15) is 9.40 Å². The van der Waals surface area contributed by atoms with Crippen molar-refractivity contribution in [3.05, 3.63) is 6.20 Å². The molecule has 1 aromatic heterocycles. The summed E-state index contributed by atoms with van der Waals surface area (Å²) in [6.45, 7) is 3.06. The Balaban J connectivity index is 2.33. The molecule has 20 heavy (non-hydrogen) atoms. The summed E-state index contributed by atoms with van der Waals surface area (Å²) in [4.78, 5) is 13.3. The highest BCUT2D eigenvalue weighted by Crippen LogP contribution is 2.22. The predicted octanol–water partition coefficient (Wildman–Crippen LogP) is -0.662. The Labute approximate surface area is 118 Å². The molecule has 0 aromatic carbocycles. The molecule has 0 saturated carbocycles. The molecule has 0 radical (unpaired) electrons. The lowest BCUT2D eigenvalue weighted by Gasteiger charge is -2.18. The van der Waals surface area contributed by atoms with Crippen LogP contribution >= 0.6 is 0 Å². The Bertz CT molecular complexity index is 610. The third-order valence-corrected chi connectivity index (χ3v) is 5.20. The van der Waals surface area contributed by atoms with Gasteiger partial charge in [0.25, 0.3) is 0 Å². The number of carbonyl (C=O) groups excluding carboxylic acids is 1. The maximum Gasteiger partial charge on any atom is 0.248 e. The van der Waals surface area contributed by atoms with E-state index in [1.807, 2.05) is 6.92 Å². The minimum Gasteiger partial charge on any atom is -0.381 e. The van der Waals surface area contributed by atoms with Crippen molar-refractivity contribution in [2.75, 3.05) is 32.4 Å². The van der Waals surface area contributed by atoms with Crippen LogP contribution in [0.4, 0.5) is 5.82 Å². The van der Waals surface area contributed by atoms with E-state index >= 15 is 0 Å². The Morgan fingerprint density at radius 2 is 2.10 bits per heavy atom. The van der Waals surface area contributed by atoms with Crippen molar-refractivity contribution < 1.29 is 13.2 Å². The fraction of sp³-hybridized carbons (Fsp3) is 0.636. The number of carbonyl (C=O) groups is 1. The molecule has 1 saturated heterocycles. The van der Waals surface area contributed by atoms with Gasteiger partial charge in [0.15, 0.2) is 5.82 Å². The Morgan fingerprint density at radius 1 is 1.40 bits per heavy atom. The standard InChI is InChI=1S/C11H19N5O3S/c1-3-15-7-9(11(12)13-15)20(18,19)16-6-4-5-14(2)10(17)8-16/h7H,3-6,8H2,1-2H3,(H2,12,13). The molecule has 112 valence electrons. The number of likely N-dealkylation sites (N-methyl/N-ethyl adjacent to an activating group) is 1. The van der Waals surface area contributed by atoms with Gasteiger partial charge in [-0.3, -0.25) is 9.48 Å². The van der Waals surface area contributed by atoms with Gasteiger partial charge in [0.2, 0.25) is 15.9 Å². The lowest BCUT2D eigenvalue weighted by Crippen LogP contribution is -2.38. The van der Waals surface area contributed by atoms with Crippen LogP contribution in [0.15, 0.2) is 11.1 Å². The van der Waals surface area contributed by atoms with Crippen LogP contribution in [0.25, 0.3) is 0 Å². The summed E-state index contributed by atoms with van der Waals surface area (Å²) in [5.41, 5.74) is 5.68. The fourth-order valence-corrected chi connectivity index (χ4v) is 3.57. The van der Waals surface area contributed by atoms with Crippen molar-refractivity contribution >= 4 is 21.7 Å². The van der Waals surface area contributed by atoms with Crippen LogP contribution in [-0.4, -0.2) is 60.0 Å². The van der Waals surface area contributed by atoms with Crippen molar-refractivity contribution in [1.29, 1.82) is 0 Å².